The molecule has 0 aromatic carbocycles. The van der Waals surface area contributed by atoms with Gasteiger partial charge in [0.25, 0.3) is 11.7 Å². The second-order valence-electron chi connectivity index (χ2n) is 19.2. The van der Waals surface area contributed by atoms with E-state index >= 15 is 0 Å². The normalized spacial score (nSPS) is 37.8. The minimum absolute atomic E-state index is 0.0364. The number of hydrogen-bond donors (Lipinski definition) is 3. The Morgan fingerprint density at radius 2 is 1.64 bits per heavy atom. The van der Waals surface area contributed by atoms with Gasteiger partial charge in [0, 0.05) is 70.6 Å². The Bertz CT molecular complexity index is 1820. The molecular formula is C49H74N2O13. The zero-order valence-electron chi connectivity index (χ0n) is 39.2. The van der Waals surface area contributed by atoms with E-state index in [4.69, 9.17) is 23.7 Å². The maximum absolute atomic E-state index is 14.5. The standard InChI is InChI=1S/C49H74N2O13/c1-29-22-30(2)24-42(61-7)45-43(62-8)26-32(4)49(58,64-45)46(55)47(56)50-20-11-10-17-37(50)48(57)63-44(31(3)25-34-18-19-38(52)41(27-34)60-6)33(5)39(53)28-40(54)35(23-29)14-13-16-36-15-9-12-21-51(36)59/h9,12,15,21,23,25,30,32-35,37-39,41-45,52-53,58H,10-11,13-14,16-20,22,24,26-28H2,1-8H3/b29-23+,31-25+/t30-,32+,33+,34-,35+,37-,38+,39-,41+,42-,43-,44+,45+,49+/m0/s1. The van der Waals surface area contributed by atoms with Gasteiger partial charge in [0.15, 0.2) is 11.9 Å². The first-order valence-electron chi connectivity index (χ1n) is 23.4. The topological polar surface area (TPSA) is 205 Å². The molecule has 64 heavy (non-hydrogen) atoms. The number of ketones is 2. The van der Waals surface area contributed by atoms with Crippen molar-refractivity contribution in [3.63, 3.8) is 0 Å². The van der Waals surface area contributed by atoms with Crippen LogP contribution in [0.25, 0.3) is 0 Å². The quantitative estimate of drug-likeness (QED) is 0.101. The molecule has 1 aromatic rings. The SMILES string of the molecule is CO[C@H]1C[C@@H](C)C/C(C)=C/[C@@H](CCCc2cccc[n+]2[O-])C(=O)C[C@H](O)[C@@H](C)[C@@H](/C(C)=C/[C@@H]2CC[C@@H](O)[C@H](OC)C2)OC(=O)[C@@H]2CCCCN2C(=O)C(=O)[C@]2(O)O[C@H]1[C@@H](OC)C[C@H]2C. The van der Waals surface area contributed by atoms with Crippen molar-refractivity contribution in [2.45, 2.75) is 173 Å². The minimum Gasteiger partial charge on any atom is -0.619 e. The van der Waals surface area contributed by atoms with Gasteiger partial charge in [-0.15, -0.1) is 0 Å². The molecule has 3 fully saturated rings. The van der Waals surface area contributed by atoms with E-state index in [2.05, 4.69) is 0 Å². The van der Waals surface area contributed by atoms with Gasteiger partial charge in [-0.3, -0.25) is 14.4 Å². The van der Waals surface area contributed by atoms with Crippen molar-refractivity contribution in [3.8, 4) is 0 Å². The van der Waals surface area contributed by atoms with Gasteiger partial charge in [-0.1, -0.05) is 44.6 Å². The molecule has 4 aliphatic rings. The van der Waals surface area contributed by atoms with Gasteiger partial charge in [-0.05, 0) is 102 Å². The summed E-state index contributed by atoms with van der Waals surface area (Å²) in [5, 5.41) is 47.0. The summed E-state index contributed by atoms with van der Waals surface area (Å²) in [6.45, 7) is 9.21. The number of hydrogen-bond acceptors (Lipinski definition) is 13. The van der Waals surface area contributed by atoms with Gasteiger partial charge in [-0.2, -0.15) is 4.73 Å². The van der Waals surface area contributed by atoms with E-state index in [9.17, 15) is 39.7 Å². The van der Waals surface area contributed by atoms with Crippen LogP contribution in [0.3, 0.4) is 0 Å². The summed E-state index contributed by atoms with van der Waals surface area (Å²) in [4.78, 5) is 58.7. The Morgan fingerprint density at radius 3 is 2.33 bits per heavy atom. The summed E-state index contributed by atoms with van der Waals surface area (Å²) in [5.41, 5.74) is 2.15. The van der Waals surface area contributed by atoms with Gasteiger partial charge < -0.3 is 49.1 Å². The third-order valence-electron chi connectivity index (χ3n) is 14.3. The molecule has 3 N–H and O–H groups in total. The molecule has 3 aliphatic heterocycles. The summed E-state index contributed by atoms with van der Waals surface area (Å²) in [5.74, 6) is -8.05. The molecule has 0 radical (unpaired) electrons. The molecule has 1 amide bonds. The van der Waals surface area contributed by atoms with Gasteiger partial charge in [-0.25, -0.2) is 4.79 Å². The van der Waals surface area contributed by atoms with Crippen LogP contribution in [-0.2, 0) is 49.3 Å². The molecule has 4 heterocycles. The smallest absolute Gasteiger partial charge is 0.329 e. The molecule has 1 aliphatic carbocycles. The van der Waals surface area contributed by atoms with Crippen LogP contribution >= 0.6 is 0 Å². The van der Waals surface area contributed by atoms with Gasteiger partial charge in [0.05, 0.1) is 30.5 Å². The number of aliphatic hydroxyl groups excluding tert-OH is 2. The summed E-state index contributed by atoms with van der Waals surface area (Å²) < 4.78 is 30.8. The number of cyclic esters (lactones) is 1. The highest BCUT2D eigenvalue weighted by Gasteiger charge is 2.56. The van der Waals surface area contributed by atoms with Crippen molar-refractivity contribution in [3.05, 3.63) is 58.6 Å². The average molecular weight is 899 g/mol. The first kappa shape index (κ1) is 51.4. The number of aromatic nitrogens is 1. The number of fused-ring (bicyclic) bond motifs is 3. The number of aryl methyl sites for hydroxylation is 1. The van der Waals surface area contributed by atoms with Gasteiger partial charge in [0.1, 0.15) is 24.0 Å². The van der Waals surface area contributed by atoms with E-state index in [1.807, 2.05) is 26.0 Å². The molecule has 14 atom stereocenters. The second kappa shape index (κ2) is 23.2. The van der Waals surface area contributed by atoms with Crippen molar-refractivity contribution >= 4 is 23.4 Å². The summed E-state index contributed by atoms with van der Waals surface area (Å²) >= 11 is 0. The average Bonchev–Trinajstić information content (AvgIpc) is 3.27. The van der Waals surface area contributed by atoms with Crippen molar-refractivity contribution in [1.82, 2.24) is 4.90 Å². The number of aliphatic hydroxyl groups is 3. The largest absolute Gasteiger partial charge is 0.619 e. The summed E-state index contributed by atoms with van der Waals surface area (Å²) in [6.07, 6.45) is 5.27. The van der Waals surface area contributed by atoms with Gasteiger partial charge >= 0.3 is 5.97 Å². The fraction of sp³-hybridized carbons (Fsp3) is 0.735. The third-order valence-corrected chi connectivity index (χ3v) is 14.3. The predicted molar refractivity (Wildman–Crippen MR) is 236 cm³/mol. The van der Waals surface area contributed by atoms with Crippen LogP contribution in [-0.4, -0.2) is 126 Å². The summed E-state index contributed by atoms with van der Waals surface area (Å²) in [6, 6.07) is 4.06. The highest BCUT2D eigenvalue weighted by atomic mass is 16.7. The third kappa shape index (κ3) is 12.4. The van der Waals surface area contributed by atoms with E-state index in [1.165, 1.54) is 25.3 Å². The highest BCUT2D eigenvalue weighted by molar-refractivity contribution is 6.39. The van der Waals surface area contributed by atoms with E-state index in [1.54, 1.807) is 46.1 Å². The molecule has 1 saturated carbocycles. The Labute approximate surface area is 379 Å². The summed E-state index contributed by atoms with van der Waals surface area (Å²) in [7, 11) is 4.60. The first-order valence-corrected chi connectivity index (χ1v) is 23.4. The molecule has 15 heteroatoms. The molecule has 0 unspecified atom stereocenters. The number of Topliss-reactive ketones (excluding diaryl/α,β-unsaturated/α-hetero) is 2. The Kier molecular flexibility index (Phi) is 18.7. The van der Waals surface area contributed by atoms with Crippen LogP contribution in [0.5, 0.6) is 0 Å². The number of amides is 1. The zero-order valence-corrected chi connectivity index (χ0v) is 39.2. The van der Waals surface area contributed by atoms with Crippen LogP contribution in [0, 0.1) is 34.8 Å². The molecule has 2 bridgehead atoms. The molecule has 2 saturated heterocycles. The Hall–Kier alpha value is -3.57. The Morgan fingerprint density at radius 1 is 0.938 bits per heavy atom. The van der Waals surface area contributed by atoms with Gasteiger partial charge in [0.2, 0.25) is 5.79 Å². The number of allylic oxidation sites excluding steroid dienone is 3. The predicted octanol–water partition coefficient (Wildman–Crippen LogP) is 4.72. The molecular weight excluding hydrogens is 825 g/mol. The number of esters is 1. The van der Waals surface area contributed by atoms with Crippen molar-refractivity contribution < 1.29 is 62.9 Å². The van der Waals surface area contributed by atoms with Crippen molar-refractivity contribution in [1.29, 1.82) is 0 Å². The molecule has 1 aromatic heterocycles. The lowest BCUT2D eigenvalue weighted by Gasteiger charge is -2.47. The van der Waals surface area contributed by atoms with Crippen LogP contribution < -0.4 is 4.73 Å². The van der Waals surface area contributed by atoms with Crippen molar-refractivity contribution in [2.75, 3.05) is 27.9 Å². The molecule has 0 spiro atoms. The maximum Gasteiger partial charge on any atom is 0.329 e. The monoisotopic (exact) mass is 899 g/mol. The van der Waals surface area contributed by atoms with E-state index in [-0.39, 0.29) is 49.5 Å². The van der Waals surface area contributed by atoms with E-state index in [0.29, 0.717) is 75.5 Å². The van der Waals surface area contributed by atoms with Crippen LogP contribution in [0.15, 0.2) is 47.7 Å². The number of rotatable bonds is 9. The second-order valence-corrected chi connectivity index (χ2v) is 19.2. The molecule has 5 rings (SSSR count). The minimum atomic E-state index is -2.54. The zero-order chi connectivity index (χ0) is 46.9. The number of carbonyl (C=O) groups excluding carboxylic acids is 4. The number of piperidine rings is 1. The lowest BCUT2D eigenvalue weighted by molar-refractivity contribution is -0.614. The number of ether oxygens (including phenoxy) is 5. The number of methoxy groups -OCH3 is 3. The molecule has 15 nitrogen and oxygen atoms in total. The van der Waals surface area contributed by atoms with Crippen LogP contribution in [0.4, 0.5) is 0 Å². The van der Waals surface area contributed by atoms with Crippen LogP contribution in [0.1, 0.15) is 117 Å². The maximum atomic E-state index is 14.5. The van der Waals surface area contributed by atoms with E-state index < -0.39 is 83.9 Å². The molecule has 358 valence electrons. The lowest BCUT2D eigenvalue weighted by atomic mass is 9.81. The number of carbonyl (C=O) groups is 4. The number of pyridine rings is 1. The van der Waals surface area contributed by atoms with E-state index in [0.717, 1.165) is 10.3 Å². The fourth-order valence-electron chi connectivity index (χ4n) is 10.5. The Balaban J connectivity index is 1.54. The lowest BCUT2D eigenvalue weighted by Crippen LogP contribution is -2.64. The number of nitrogens with zero attached hydrogens (tertiary/aromatic N) is 2. The van der Waals surface area contributed by atoms with Crippen LogP contribution in [0.2, 0.25) is 0 Å². The highest BCUT2D eigenvalue weighted by Crippen LogP contribution is 2.39. The van der Waals surface area contributed by atoms with Crippen molar-refractivity contribution in [2.24, 2.45) is 29.6 Å². The first-order chi connectivity index (χ1) is 30.4. The fourth-order valence-corrected chi connectivity index (χ4v) is 10.5.